The smallest absolute Gasteiger partial charge is 0.0990 e. The molecule has 0 aromatic heterocycles. The van der Waals surface area contributed by atoms with Crippen molar-refractivity contribution in [3.8, 4) is 6.07 Å². The summed E-state index contributed by atoms with van der Waals surface area (Å²) in [5.41, 5.74) is -0.0973. The van der Waals surface area contributed by atoms with Crippen molar-refractivity contribution in [2.75, 3.05) is 0 Å². The van der Waals surface area contributed by atoms with E-state index in [1.165, 1.54) is 0 Å². The Bertz CT molecular complexity index is 475. The summed E-state index contributed by atoms with van der Waals surface area (Å²) in [7, 11) is 0. The van der Waals surface area contributed by atoms with Crippen molar-refractivity contribution < 1.29 is 5.11 Å². The molecule has 0 spiro atoms. The maximum Gasteiger partial charge on any atom is 0.0990 e. The zero-order valence-electron chi connectivity index (χ0n) is 10.00. The van der Waals surface area contributed by atoms with Crippen molar-refractivity contribution in [1.29, 1.82) is 5.26 Å². The summed E-state index contributed by atoms with van der Waals surface area (Å²) in [6, 6.07) is 7.33. The van der Waals surface area contributed by atoms with Crippen LogP contribution in [0.2, 0.25) is 10.0 Å². The van der Waals surface area contributed by atoms with E-state index in [2.05, 4.69) is 6.07 Å². The van der Waals surface area contributed by atoms with E-state index in [-0.39, 0.29) is 0 Å². The van der Waals surface area contributed by atoms with Crippen LogP contribution in [0.4, 0.5) is 0 Å². The first kappa shape index (κ1) is 13.7. The van der Waals surface area contributed by atoms with E-state index in [9.17, 15) is 10.4 Å². The van der Waals surface area contributed by atoms with Crippen LogP contribution in [0.1, 0.15) is 43.8 Å². The number of rotatable bonds is 2. The van der Waals surface area contributed by atoms with E-state index >= 15 is 0 Å². The maximum atomic E-state index is 10.5. The number of hydrogen-bond acceptors (Lipinski definition) is 2. The van der Waals surface area contributed by atoms with Gasteiger partial charge in [0.25, 0.3) is 0 Å². The first-order valence-electron chi connectivity index (χ1n) is 6.13. The second-order valence-corrected chi connectivity index (χ2v) is 5.74. The van der Waals surface area contributed by atoms with Crippen molar-refractivity contribution in [3.63, 3.8) is 0 Å². The van der Waals surface area contributed by atoms with Crippen molar-refractivity contribution in [1.82, 2.24) is 0 Å². The summed E-state index contributed by atoms with van der Waals surface area (Å²) in [5, 5.41) is 20.9. The van der Waals surface area contributed by atoms with Crippen molar-refractivity contribution in [3.05, 3.63) is 33.8 Å². The van der Waals surface area contributed by atoms with Crippen LogP contribution in [0.5, 0.6) is 0 Å². The zero-order chi connectivity index (χ0) is 13.2. The SMILES string of the molecule is N#CC1(C(O)c2ccc(Cl)cc2Cl)CCCCC1. The molecule has 0 bridgehead atoms. The molecule has 1 aliphatic carbocycles. The van der Waals surface area contributed by atoms with Gasteiger partial charge in [-0.05, 0) is 25.0 Å². The standard InChI is InChI=1S/C14H15Cl2NO/c15-10-4-5-11(12(16)8-10)13(18)14(9-17)6-2-1-3-7-14/h4-5,8,13,18H,1-3,6-7H2. The summed E-state index contributed by atoms with van der Waals surface area (Å²) in [6.07, 6.45) is 3.70. The molecule has 1 aromatic rings. The molecule has 0 amide bonds. The fourth-order valence-electron chi connectivity index (χ4n) is 2.65. The van der Waals surface area contributed by atoms with E-state index in [0.29, 0.717) is 15.6 Å². The van der Waals surface area contributed by atoms with Gasteiger partial charge < -0.3 is 5.11 Å². The average Bonchev–Trinajstić information content (AvgIpc) is 2.39. The topological polar surface area (TPSA) is 44.0 Å². The Hall–Kier alpha value is -0.750. The molecule has 0 aliphatic heterocycles. The second-order valence-electron chi connectivity index (χ2n) is 4.90. The molecule has 1 atom stereocenters. The highest BCUT2D eigenvalue weighted by molar-refractivity contribution is 6.35. The first-order chi connectivity index (χ1) is 8.59. The minimum Gasteiger partial charge on any atom is -0.387 e. The van der Waals surface area contributed by atoms with Crippen molar-refractivity contribution >= 4 is 23.2 Å². The molecule has 96 valence electrons. The molecule has 18 heavy (non-hydrogen) atoms. The molecule has 2 rings (SSSR count). The van der Waals surface area contributed by atoms with Gasteiger partial charge in [0.2, 0.25) is 0 Å². The van der Waals surface area contributed by atoms with Gasteiger partial charge in [-0.2, -0.15) is 5.26 Å². The van der Waals surface area contributed by atoms with Crippen LogP contribution in [-0.2, 0) is 0 Å². The van der Waals surface area contributed by atoms with Crippen LogP contribution in [0, 0.1) is 16.7 Å². The Balaban J connectivity index is 2.34. The number of benzene rings is 1. The minimum absolute atomic E-state index is 0.426. The Kier molecular flexibility index (Phi) is 4.17. The molecule has 1 saturated carbocycles. The number of aliphatic hydroxyl groups is 1. The molecular weight excluding hydrogens is 269 g/mol. The van der Waals surface area contributed by atoms with Gasteiger partial charge in [0, 0.05) is 15.6 Å². The monoisotopic (exact) mass is 283 g/mol. The first-order valence-corrected chi connectivity index (χ1v) is 6.89. The van der Waals surface area contributed by atoms with Crippen LogP contribution < -0.4 is 0 Å². The van der Waals surface area contributed by atoms with Crippen LogP contribution >= 0.6 is 23.2 Å². The van der Waals surface area contributed by atoms with Crippen LogP contribution in [-0.4, -0.2) is 5.11 Å². The third-order valence-corrected chi connectivity index (χ3v) is 4.31. The van der Waals surface area contributed by atoms with Crippen LogP contribution in [0.25, 0.3) is 0 Å². The molecule has 1 N–H and O–H groups in total. The van der Waals surface area contributed by atoms with Gasteiger partial charge in [-0.1, -0.05) is 48.5 Å². The Morgan fingerprint density at radius 1 is 1.22 bits per heavy atom. The molecule has 1 aliphatic rings. The highest BCUT2D eigenvalue weighted by Gasteiger charge is 2.40. The summed E-state index contributed by atoms with van der Waals surface area (Å²) < 4.78 is 0. The lowest BCUT2D eigenvalue weighted by Crippen LogP contribution is -2.30. The lowest BCUT2D eigenvalue weighted by atomic mass is 9.69. The van der Waals surface area contributed by atoms with E-state index in [1.807, 2.05) is 0 Å². The van der Waals surface area contributed by atoms with Gasteiger partial charge in [-0.3, -0.25) is 0 Å². The summed E-state index contributed by atoms with van der Waals surface area (Å²) >= 11 is 12.0. The number of halogens is 2. The Morgan fingerprint density at radius 2 is 1.89 bits per heavy atom. The van der Waals surface area contributed by atoms with Gasteiger partial charge in [0.1, 0.15) is 0 Å². The predicted molar refractivity (Wildman–Crippen MR) is 72.6 cm³/mol. The van der Waals surface area contributed by atoms with Crippen molar-refractivity contribution in [2.45, 2.75) is 38.2 Å². The fourth-order valence-corrected chi connectivity index (χ4v) is 3.16. The second kappa shape index (κ2) is 5.48. The summed E-state index contributed by atoms with van der Waals surface area (Å²) in [5.74, 6) is 0. The van der Waals surface area contributed by atoms with Gasteiger partial charge in [0.15, 0.2) is 0 Å². The quantitative estimate of drug-likeness (QED) is 0.868. The summed E-state index contributed by atoms with van der Waals surface area (Å²) in [4.78, 5) is 0. The molecular formula is C14H15Cl2NO. The van der Waals surface area contributed by atoms with E-state index in [1.54, 1.807) is 18.2 Å². The fraction of sp³-hybridized carbons (Fsp3) is 0.500. The number of nitrogens with zero attached hydrogens (tertiary/aromatic N) is 1. The number of nitriles is 1. The number of aliphatic hydroxyl groups excluding tert-OH is 1. The Morgan fingerprint density at radius 3 is 2.44 bits per heavy atom. The van der Waals surface area contributed by atoms with Gasteiger partial charge in [-0.15, -0.1) is 0 Å². The lowest BCUT2D eigenvalue weighted by molar-refractivity contribution is 0.0360. The maximum absolute atomic E-state index is 10.5. The molecule has 1 unspecified atom stereocenters. The molecule has 0 heterocycles. The van der Waals surface area contributed by atoms with Gasteiger partial charge in [0.05, 0.1) is 17.6 Å². The largest absolute Gasteiger partial charge is 0.387 e. The molecule has 2 nitrogen and oxygen atoms in total. The molecule has 4 heteroatoms. The average molecular weight is 284 g/mol. The molecule has 1 aromatic carbocycles. The summed E-state index contributed by atoms with van der Waals surface area (Å²) in [6.45, 7) is 0. The van der Waals surface area contributed by atoms with Crippen LogP contribution in [0.3, 0.4) is 0 Å². The Labute approximate surface area is 117 Å². The van der Waals surface area contributed by atoms with E-state index < -0.39 is 11.5 Å². The van der Waals surface area contributed by atoms with E-state index in [0.717, 1.165) is 32.1 Å². The van der Waals surface area contributed by atoms with Crippen molar-refractivity contribution in [2.24, 2.45) is 5.41 Å². The molecule has 0 saturated heterocycles. The molecule has 1 fully saturated rings. The normalized spacial score (nSPS) is 20.1. The lowest BCUT2D eigenvalue weighted by Gasteiger charge is -2.35. The zero-order valence-corrected chi connectivity index (χ0v) is 11.5. The van der Waals surface area contributed by atoms with Crippen LogP contribution in [0.15, 0.2) is 18.2 Å². The van der Waals surface area contributed by atoms with Gasteiger partial charge >= 0.3 is 0 Å². The highest BCUT2D eigenvalue weighted by Crippen LogP contribution is 2.47. The minimum atomic E-state index is -0.840. The number of hydrogen-bond donors (Lipinski definition) is 1. The predicted octanol–water partition coefficient (Wildman–Crippen LogP) is 4.50. The third kappa shape index (κ3) is 2.49. The highest BCUT2D eigenvalue weighted by atomic mass is 35.5. The third-order valence-electron chi connectivity index (χ3n) is 3.75. The van der Waals surface area contributed by atoms with Gasteiger partial charge in [-0.25, -0.2) is 0 Å². The molecule has 0 radical (unpaired) electrons. The van der Waals surface area contributed by atoms with E-state index in [4.69, 9.17) is 23.2 Å².